The number of morpholine rings is 1. The van der Waals surface area contributed by atoms with E-state index >= 15 is 8.78 Å². The molecule has 48 heavy (non-hydrogen) atoms. The zero-order valence-electron chi connectivity index (χ0n) is 26.4. The highest BCUT2D eigenvalue weighted by Gasteiger charge is 2.39. The summed E-state index contributed by atoms with van der Waals surface area (Å²) in [5.41, 5.74) is 2.92. The summed E-state index contributed by atoms with van der Waals surface area (Å²) in [6.45, 7) is 4.31. The maximum atomic E-state index is 15.3. The van der Waals surface area contributed by atoms with Gasteiger partial charge in [-0.1, -0.05) is 18.2 Å². The first-order valence-corrected chi connectivity index (χ1v) is 16.2. The van der Waals surface area contributed by atoms with Crippen LogP contribution in [-0.2, 0) is 35.9 Å². The lowest BCUT2D eigenvalue weighted by Crippen LogP contribution is -2.59. The number of ether oxygens (including phenoxy) is 5. The fraction of sp³-hybridized carbons (Fsp3) is 0.394. The number of aromatic nitrogens is 1. The molecule has 1 atom stereocenters. The number of carbonyl (C=O) groups excluding carboxylic acids is 3. The Morgan fingerprint density at radius 2 is 1.90 bits per heavy atom. The summed E-state index contributed by atoms with van der Waals surface area (Å²) >= 11 is 1.39. The van der Waals surface area contributed by atoms with Gasteiger partial charge in [0.1, 0.15) is 12.8 Å². The lowest BCUT2D eigenvalue weighted by molar-refractivity contribution is -0.156. The maximum Gasteiger partial charge on any atom is 0.511 e. The summed E-state index contributed by atoms with van der Waals surface area (Å²) < 4.78 is 58.0. The number of nitrogens with zero attached hydrogens (tertiary/aromatic N) is 2. The predicted molar refractivity (Wildman–Crippen MR) is 168 cm³/mol. The first kappa shape index (κ1) is 33.3. The number of benzene rings is 2. The van der Waals surface area contributed by atoms with Gasteiger partial charge in [-0.15, -0.1) is 11.8 Å². The second-order valence-corrected chi connectivity index (χ2v) is 12.9. The van der Waals surface area contributed by atoms with Gasteiger partial charge in [-0.2, -0.15) is 0 Å². The Labute approximate surface area is 278 Å². The smallest absolute Gasteiger partial charge is 0.465 e. The zero-order valence-corrected chi connectivity index (χ0v) is 27.2. The zero-order chi connectivity index (χ0) is 34.2. The number of esters is 1. The van der Waals surface area contributed by atoms with Gasteiger partial charge in [-0.3, -0.25) is 14.4 Å². The Balaban J connectivity index is 1.36. The largest absolute Gasteiger partial charge is 0.511 e. The fourth-order valence-corrected chi connectivity index (χ4v) is 6.83. The SMILES string of the molecule is CCOC(=O)C(C)(C)COC(=O)OCOc1c2n(c(-c3cc(F)c(F)c4c3Cc3ccccc3SC4)cc1=O)NC1COCCN1C2=O. The molecule has 0 aliphatic carbocycles. The van der Waals surface area contributed by atoms with Gasteiger partial charge in [0.25, 0.3) is 5.91 Å². The summed E-state index contributed by atoms with van der Waals surface area (Å²) in [7, 11) is 0. The molecule has 3 aromatic rings. The number of fused-ring (bicyclic) bond motifs is 4. The van der Waals surface area contributed by atoms with Crippen molar-refractivity contribution in [3.8, 4) is 17.0 Å². The molecule has 254 valence electrons. The molecule has 2 aromatic carbocycles. The van der Waals surface area contributed by atoms with Gasteiger partial charge < -0.3 is 34.0 Å². The number of nitrogens with one attached hydrogen (secondary N) is 1. The van der Waals surface area contributed by atoms with Crippen molar-refractivity contribution in [2.24, 2.45) is 5.41 Å². The lowest BCUT2D eigenvalue weighted by Gasteiger charge is -2.42. The quantitative estimate of drug-likeness (QED) is 0.267. The van der Waals surface area contributed by atoms with Crippen LogP contribution < -0.4 is 15.6 Å². The minimum Gasteiger partial charge on any atom is -0.465 e. The fourth-order valence-electron chi connectivity index (χ4n) is 5.73. The third kappa shape index (κ3) is 6.31. The van der Waals surface area contributed by atoms with Gasteiger partial charge in [0.15, 0.2) is 17.3 Å². The van der Waals surface area contributed by atoms with Gasteiger partial charge in [-0.05, 0) is 50.5 Å². The molecule has 0 spiro atoms. The monoisotopic (exact) mass is 685 g/mol. The second kappa shape index (κ2) is 13.5. The Bertz CT molecular complexity index is 1850. The Morgan fingerprint density at radius 3 is 2.69 bits per heavy atom. The molecule has 6 rings (SSSR count). The molecular weight excluding hydrogens is 652 g/mol. The van der Waals surface area contributed by atoms with Crippen molar-refractivity contribution >= 4 is 29.8 Å². The number of hydrogen-bond acceptors (Lipinski definition) is 11. The van der Waals surface area contributed by atoms with E-state index in [4.69, 9.17) is 23.7 Å². The first-order chi connectivity index (χ1) is 23.0. The minimum atomic E-state index is -1.18. The van der Waals surface area contributed by atoms with Crippen molar-refractivity contribution in [3.05, 3.63) is 80.6 Å². The van der Waals surface area contributed by atoms with Crippen LogP contribution in [0, 0.1) is 17.0 Å². The normalized spacial score (nSPS) is 16.7. The third-order valence-electron chi connectivity index (χ3n) is 8.22. The van der Waals surface area contributed by atoms with Crippen LogP contribution in [0.4, 0.5) is 13.6 Å². The van der Waals surface area contributed by atoms with E-state index in [1.165, 1.54) is 35.2 Å². The summed E-state index contributed by atoms with van der Waals surface area (Å²) in [6, 6.07) is 9.74. The molecule has 1 saturated heterocycles. The van der Waals surface area contributed by atoms with Crippen LogP contribution in [0.1, 0.15) is 48.0 Å². The highest BCUT2D eigenvalue weighted by atomic mass is 32.2. The second-order valence-electron chi connectivity index (χ2n) is 11.9. The summed E-state index contributed by atoms with van der Waals surface area (Å²) in [6.07, 6.45) is -1.57. The molecule has 1 amide bonds. The average Bonchev–Trinajstić information content (AvgIpc) is 3.27. The van der Waals surface area contributed by atoms with Crippen molar-refractivity contribution in [2.75, 3.05) is 45.2 Å². The van der Waals surface area contributed by atoms with Gasteiger partial charge in [0, 0.05) is 34.4 Å². The standard InChI is InChI=1S/C33H33F2N3O9S/c1-4-44-31(41)33(2,3)16-45-32(42)47-17-46-29-24(39)13-23(38-28(29)30(40)37-9-10-43-14-26(37)36-38)20-12-22(34)27(35)21-15-48-25-8-6-5-7-18(25)11-19(20)21/h5-8,12-13,26,36H,4,9-11,14-17H2,1-3H3. The Hall–Kier alpha value is -4.63. The van der Waals surface area contributed by atoms with Crippen molar-refractivity contribution in [2.45, 2.75) is 44.0 Å². The molecule has 1 N–H and O–H groups in total. The molecule has 0 saturated carbocycles. The summed E-state index contributed by atoms with van der Waals surface area (Å²) in [4.78, 5) is 54.4. The molecule has 12 nitrogen and oxygen atoms in total. The van der Waals surface area contributed by atoms with E-state index in [2.05, 4.69) is 5.43 Å². The van der Waals surface area contributed by atoms with Crippen LogP contribution in [0.2, 0.25) is 0 Å². The minimum absolute atomic E-state index is 0.113. The van der Waals surface area contributed by atoms with Crippen LogP contribution in [0.5, 0.6) is 5.75 Å². The van der Waals surface area contributed by atoms with E-state index < -0.39 is 59.2 Å². The number of rotatable bonds is 8. The van der Waals surface area contributed by atoms with E-state index in [-0.39, 0.29) is 67.7 Å². The van der Waals surface area contributed by atoms with Crippen molar-refractivity contribution in [3.63, 3.8) is 0 Å². The molecule has 1 fully saturated rings. The highest BCUT2D eigenvalue weighted by Crippen LogP contribution is 2.41. The number of hydrogen-bond donors (Lipinski definition) is 1. The molecule has 4 heterocycles. The van der Waals surface area contributed by atoms with Crippen LogP contribution in [0.3, 0.4) is 0 Å². The molecule has 15 heteroatoms. The third-order valence-corrected chi connectivity index (χ3v) is 9.37. The van der Waals surface area contributed by atoms with E-state index in [1.54, 1.807) is 6.92 Å². The number of amides is 1. The van der Waals surface area contributed by atoms with Crippen LogP contribution in [0.25, 0.3) is 11.3 Å². The lowest BCUT2D eigenvalue weighted by atomic mass is 9.92. The highest BCUT2D eigenvalue weighted by molar-refractivity contribution is 7.98. The van der Waals surface area contributed by atoms with E-state index in [1.807, 2.05) is 24.3 Å². The Kier molecular flexibility index (Phi) is 9.34. The van der Waals surface area contributed by atoms with Crippen LogP contribution in [-0.4, -0.2) is 73.5 Å². The topological polar surface area (TPSA) is 135 Å². The van der Waals surface area contributed by atoms with Crippen molar-refractivity contribution < 1.29 is 46.8 Å². The predicted octanol–water partition coefficient (Wildman–Crippen LogP) is 4.42. The molecule has 1 aromatic heterocycles. The molecule has 0 radical (unpaired) electrons. The van der Waals surface area contributed by atoms with E-state index in [9.17, 15) is 19.2 Å². The van der Waals surface area contributed by atoms with Crippen molar-refractivity contribution in [1.29, 1.82) is 0 Å². The molecule has 3 aliphatic rings. The molecule has 1 unspecified atom stereocenters. The van der Waals surface area contributed by atoms with Gasteiger partial charge in [0.05, 0.1) is 30.9 Å². The number of halogens is 2. The first-order valence-electron chi connectivity index (χ1n) is 15.3. The van der Waals surface area contributed by atoms with Gasteiger partial charge in [-0.25, -0.2) is 18.3 Å². The van der Waals surface area contributed by atoms with E-state index in [0.717, 1.165) is 22.6 Å². The summed E-state index contributed by atoms with van der Waals surface area (Å²) in [5, 5.41) is 0. The number of carbonyl (C=O) groups is 3. The van der Waals surface area contributed by atoms with Crippen LogP contribution in [0.15, 0.2) is 46.1 Å². The van der Waals surface area contributed by atoms with Crippen LogP contribution >= 0.6 is 11.8 Å². The average molecular weight is 686 g/mol. The number of pyridine rings is 1. The maximum absolute atomic E-state index is 15.3. The van der Waals surface area contributed by atoms with Gasteiger partial charge in [0.2, 0.25) is 18.0 Å². The molecule has 3 aliphatic heterocycles. The van der Waals surface area contributed by atoms with E-state index in [0.29, 0.717) is 5.56 Å². The van der Waals surface area contributed by atoms with Gasteiger partial charge >= 0.3 is 12.1 Å². The Morgan fingerprint density at radius 1 is 1.10 bits per heavy atom. The molecule has 0 bridgehead atoms. The number of thioether (sulfide) groups is 1. The van der Waals surface area contributed by atoms with Crippen molar-refractivity contribution in [1.82, 2.24) is 9.58 Å². The molecular formula is C33H33F2N3O9S. The summed E-state index contributed by atoms with van der Waals surface area (Å²) in [5.74, 6) is -3.50.